The first-order valence-electron chi connectivity index (χ1n) is 2.85. The first-order chi connectivity index (χ1) is 5.33. The fourth-order valence-electron chi connectivity index (χ4n) is 0.537. The maximum absolute atomic E-state index is 8.15. The molecule has 0 aliphatic carbocycles. The molecule has 1 aromatic rings. The van der Waals surface area contributed by atoms with Crippen molar-refractivity contribution in [3.63, 3.8) is 0 Å². The van der Waals surface area contributed by atoms with Gasteiger partial charge in [0.2, 0.25) is 5.96 Å². The molecule has 0 aliphatic rings. The molecule has 5 heteroatoms. The summed E-state index contributed by atoms with van der Waals surface area (Å²) < 4.78 is 0. The smallest absolute Gasteiger partial charge is 0.208 e. The molecule has 56 valence electrons. The molecule has 11 heavy (non-hydrogen) atoms. The van der Waals surface area contributed by atoms with Gasteiger partial charge in [0.15, 0.2) is 6.19 Å². The summed E-state index contributed by atoms with van der Waals surface area (Å²) in [6.45, 7) is 0. The Morgan fingerprint density at radius 2 is 2.64 bits per heavy atom. The van der Waals surface area contributed by atoms with Gasteiger partial charge < -0.3 is 5.73 Å². The van der Waals surface area contributed by atoms with E-state index in [9.17, 15) is 0 Å². The van der Waals surface area contributed by atoms with E-state index < -0.39 is 0 Å². The van der Waals surface area contributed by atoms with Crippen LogP contribution in [0.3, 0.4) is 0 Å². The summed E-state index contributed by atoms with van der Waals surface area (Å²) in [7, 11) is 0. The van der Waals surface area contributed by atoms with Crippen LogP contribution in [0.15, 0.2) is 22.5 Å². The normalized spacial score (nSPS) is 10.6. The summed E-state index contributed by atoms with van der Waals surface area (Å²) in [5.41, 5.74) is 5.30. The number of guanidine groups is 1. The van der Waals surface area contributed by atoms with Crippen LogP contribution >= 0.6 is 11.3 Å². The topological polar surface area (TPSA) is 74.2 Å². The monoisotopic (exact) mass is 166 g/mol. The lowest BCUT2D eigenvalue weighted by Crippen LogP contribution is -2.26. The number of aliphatic imine (C=N–C) groups is 1. The molecule has 0 radical (unpaired) electrons. The Bertz CT molecular complexity index is 282. The van der Waals surface area contributed by atoms with Crippen LogP contribution in [-0.2, 0) is 0 Å². The summed E-state index contributed by atoms with van der Waals surface area (Å²) >= 11 is 1.46. The molecule has 1 rings (SSSR count). The van der Waals surface area contributed by atoms with Gasteiger partial charge in [0.05, 0.1) is 0 Å². The molecule has 1 aromatic heterocycles. The molecule has 0 unspecified atom stereocenters. The summed E-state index contributed by atoms with van der Waals surface area (Å²) in [5, 5.41) is 13.0. The highest BCUT2D eigenvalue weighted by Crippen LogP contribution is 2.18. The van der Waals surface area contributed by atoms with Crippen molar-refractivity contribution in [2.45, 2.75) is 0 Å². The van der Waals surface area contributed by atoms with Crippen LogP contribution in [0.4, 0.5) is 5.00 Å². The summed E-state index contributed by atoms with van der Waals surface area (Å²) in [4.78, 5) is 3.89. The Hall–Kier alpha value is -1.54. The SMILES string of the molecule is N#CN/C(N)=N\c1cccs1. The van der Waals surface area contributed by atoms with Crippen LogP contribution in [0.25, 0.3) is 0 Å². The van der Waals surface area contributed by atoms with Crippen molar-refractivity contribution >= 4 is 22.3 Å². The maximum atomic E-state index is 8.15. The number of rotatable bonds is 1. The molecule has 0 bridgehead atoms. The quantitative estimate of drug-likeness (QED) is 0.280. The van der Waals surface area contributed by atoms with Crippen molar-refractivity contribution in [2.75, 3.05) is 0 Å². The van der Waals surface area contributed by atoms with Crippen LogP contribution in [0.1, 0.15) is 0 Å². The second-order valence-corrected chi connectivity index (χ2v) is 2.61. The Kier molecular flexibility index (Phi) is 2.47. The van der Waals surface area contributed by atoms with Gasteiger partial charge in [-0.05, 0) is 17.5 Å². The van der Waals surface area contributed by atoms with Gasteiger partial charge in [-0.25, -0.2) is 4.99 Å². The minimum absolute atomic E-state index is 0.120. The highest BCUT2D eigenvalue weighted by molar-refractivity contribution is 7.13. The van der Waals surface area contributed by atoms with Crippen molar-refractivity contribution in [2.24, 2.45) is 10.7 Å². The van der Waals surface area contributed by atoms with Crippen molar-refractivity contribution in [1.29, 1.82) is 5.26 Å². The average molecular weight is 166 g/mol. The van der Waals surface area contributed by atoms with Crippen LogP contribution in [-0.4, -0.2) is 5.96 Å². The Balaban J connectivity index is 2.68. The fourth-order valence-corrected chi connectivity index (χ4v) is 1.14. The molecule has 0 aliphatic heterocycles. The molecule has 0 saturated heterocycles. The third kappa shape index (κ3) is 2.27. The molecule has 0 saturated carbocycles. The number of nitrogens with zero attached hydrogens (tertiary/aromatic N) is 2. The number of nitrogens with one attached hydrogen (secondary N) is 1. The number of hydrogen-bond acceptors (Lipinski definition) is 3. The summed E-state index contributed by atoms with van der Waals surface area (Å²) in [6, 6.07) is 3.68. The molecule has 0 spiro atoms. The first kappa shape index (κ1) is 7.57. The third-order valence-corrected chi connectivity index (χ3v) is 1.68. The van der Waals surface area contributed by atoms with Gasteiger partial charge in [0.25, 0.3) is 0 Å². The Morgan fingerprint density at radius 3 is 3.18 bits per heavy atom. The molecule has 0 fully saturated rings. The van der Waals surface area contributed by atoms with Crippen LogP contribution in [0.5, 0.6) is 0 Å². The molecule has 3 N–H and O–H groups in total. The van der Waals surface area contributed by atoms with Gasteiger partial charge in [-0.3, -0.25) is 5.32 Å². The number of thiophene rings is 1. The zero-order valence-corrected chi connectivity index (χ0v) is 6.43. The van der Waals surface area contributed by atoms with E-state index in [0.717, 1.165) is 5.00 Å². The van der Waals surface area contributed by atoms with Crippen molar-refractivity contribution < 1.29 is 0 Å². The van der Waals surface area contributed by atoms with E-state index in [2.05, 4.69) is 10.3 Å². The van der Waals surface area contributed by atoms with E-state index in [0.29, 0.717) is 0 Å². The maximum Gasteiger partial charge on any atom is 0.208 e. The molecule has 4 nitrogen and oxygen atoms in total. The van der Waals surface area contributed by atoms with Crippen molar-refractivity contribution in [1.82, 2.24) is 5.32 Å². The van der Waals surface area contributed by atoms with Gasteiger partial charge in [-0.15, -0.1) is 11.3 Å². The molecule has 0 aromatic carbocycles. The van der Waals surface area contributed by atoms with Crippen molar-refractivity contribution in [3.8, 4) is 6.19 Å². The van der Waals surface area contributed by atoms with Gasteiger partial charge in [-0.1, -0.05) is 0 Å². The van der Waals surface area contributed by atoms with Gasteiger partial charge in [-0.2, -0.15) is 5.26 Å². The number of nitriles is 1. The zero-order valence-electron chi connectivity index (χ0n) is 5.61. The highest BCUT2D eigenvalue weighted by atomic mass is 32.1. The predicted molar refractivity (Wildman–Crippen MR) is 44.4 cm³/mol. The van der Waals surface area contributed by atoms with E-state index in [1.165, 1.54) is 11.3 Å². The van der Waals surface area contributed by atoms with Gasteiger partial charge in [0.1, 0.15) is 5.00 Å². The van der Waals surface area contributed by atoms with Crippen LogP contribution < -0.4 is 11.1 Å². The lowest BCUT2D eigenvalue weighted by molar-refractivity contribution is 1.22. The highest BCUT2D eigenvalue weighted by Gasteiger charge is 1.90. The average Bonchev–Trinajstić information content (AvgIpc) is 2.40. The number of hydrogen-bond donors (Lipinski definition) is 2. The summed E-state index contributed by atoms with van der Waals surface area (Å²) in [5.74, 6) is 0.120. The van der Waals surface area contributed by atoms with E-state index in [-0.39, 0.29) is 5.96 Å². The van der Waals surface area contributed by atoms with Crippen LogP contribution in [0, 0.1) is 11.5 Å². The second kappa shape index (κ2) is 3.58. The Morgan fingerprint density at radius 1 is 1.82 bits per heavy atom. The molecule has 0 amide bonds. The van der Waals surface area contributed by atoms with E-state index in [4.69, 9.17) is 11.0 Å². The van der Waals surface area contributed by atoms with Crippen molar-refractivity contribution in [3.05, 3.63) is 17.5 Å². The molecule has 1 heterocycles. The second-order valence-electron chi connectivity index (χ2n) is 1.69. The summed E-state index contributed by atoms with van der Waals surface area (Å²) in [6.07, 6.45) is 1.68. The molecular formula is C6H6N4S. The predicted octanol–water partition coefficient (Wildman–Crippen LogP) is 0.765. The Labute approximate surface area is 68.0 Å². The van der Waals surface area contributed by atoms with E-state index >= 15 is 0 Å². The van der Waals surface area contributed by atoms with Gasteiger partial charge >= 0.3 is 0 Å². The molecular weight excluding hydrogens is 160 g/mol. The minimum atomic E-state index is 0.120. The zero-order chi connectivity index (χ0) is 8.10. The lowest BCUT2D eigenvalue weighted by atomic mass is 10.6. The van der Waals surface area contributed by atoms with E-state index in [1.807, 2.05) is 17.5 Å². The largest absolute Gasteiger partial charge is 0.369 e. The standard InChI is InChI=1S/C6H6N4S/c7-4-9-6(8)10-5-2-1-3-11-5/h1-3H,(H3,8,9,10). The first-order valence-corrected chi connectivity index (χ1v) is 3.73. The minimum Gasteiger partial charge on any atom is -0.369 e. The van der Waals surface area contributed by atoms with E-state index in [1.54, 1.807) is 6.19 Å². The van der Waals surface area contributed by atoms with Crippen LogP contribution in [0.2, 0.25) is 0 Å². The molecule has 0 atom stereocenters. The van der Waals surface area contributed by atoms with Gasteiger partial charge in [0, 0.05) is 0 Å². The third-order valence-electron chi connectivity index (χ3n) is 0.921. The number of nitrogens with two attached hydrogens (primary N) is 1. The fraction of sp³-hybridized carbons (Fsp3) is 0. The lowest BCUT2D eigenvalue weighted by Gasteiger charge is -1.91.